The van der Waals surface area contributed by atoms with Gasteiger partial charge in [-0.2, -0.15) is 0 Å². The Kier molecular flexibility index (Phi) is 5.65. The second-order valence-electron chi connectivity index (χ2n) is 8.69. The Balaban J connectivity index is 1.43. The van der Waals surface area contributed by atoms with E-state index in [1.807, 2.05) is 34.1 Å². The minimum Gasteiger partial charge on any atom is -0.342 e. The average Bonchev–Trinajstić information content (AvgIpc) is 2.72. The van der Waals surface area contributed by atoms with Crippen molar-refractivity contribution in [3.63, 3.8) is 0 Å². The molecule has 2 aliphatic rings. The Morgan fingerprint density at radius 2 is 1.93 bits per heavy atom. The normalized spacial score (nSPS) is 22.2. The van der Waals surface area contributed by atoms with Gasteiger partial charge in [-0.3, -0.25) is 14.6 Å². The van der Waals surface area contributed by atoms with Crippen LogP contribution in [-0.2, 0) is 22.6 Å². The number of carbonyl (C=O) groups excluding carboxylic acids is 2. The SMILES string of the molecule is Cc1cccc(CC(=O)N2CCC[C@@]3(CCC(=O)N(Cc4ccncc4)C3)C2)c1. The highest BCUT2D eigenvalue weighted by Gasteiger charge is 2.42. The molecule has 0 N–H and O–H groups in total. The predicted molar refractivity (Wildman–Crippen MR) is 112 cm³/mol. The Morgan fingerprint density at radius 3 is 2.72 bits per heavy atom. The van der Waals surface area contributed by atoms with Gasteiger partial charge in [-0.05, 0) is 49.4 Å². The third kappa shape index (κ3) is 4.66. The lowest BCUT2D eigenvalue weighted by atomic mass is 9.73. The van der Waals surface area contributed by atoms with Gasteiger partial charge in [0.1, 0.15) is 0 Å². The van der Waals surface area contributed by atoms with E-state index in [2.05, 4.69) is 24.0 Å². The van der Waals surface area contributed by atoms with Crippen molar-refractivity contribution in [2.75, 3.05) is 19.6 Å². The molecule has 152 valence electrons. The van der Waals surface area contributed by atoms with E-state index in [4.69, 9.17) is 0 Å². The minimum absolute atomic E-state index is 0.0292. The molecule has 2 amide bonds. The number of amides is 2. The van der Waals surface area contributed by atoms with Crippen molar-refractivity contribution in [2.45, 2.75) is 45.6 Å². The van der Waals surface area contributed by atoms with Crippen LogP contribution in [0.3, 0.4) is 0 Å². The lowest BCUT2D eigenvalue weighted by Crippen LogP contribution is -2.55. The molecule has 2 fully saturated rings. The van der Waals surface area contributed by atoms with Crippen molar-refractivity contribution in [2.24, 2.45) is 5.41 Å². The number of hydrogen-bond donors (Lipinski definition) is 0. The first-order chi connectivity index (χ1) is 14.0. The van der Waals surface area contributed by atoms with Crippen molar-refractivity contribution in [3.05, 3.63) is 65.5 Å². The quantitative estimate of drug-likeness (QED) is 0.803. The van der Waals surface area contributed by atoms with Gasteiger partial charge in [0.05, 0.1) is 6.42 Å². The molecule has 1 aromatic heterocycles. The Labute approximate surface area is 172 Å². The zero-order valence-corrected chi connectivity index (χ0v) is 17.1. The van der Waals surface area contributed by atoms with E-state index < -0.39 is 0 Å². The molecule has 0 aliphatic carbocycles. The molecular formula is C24H29N3O2. The standard InChI is InChI=1S/C24H29N3O2/c1-19-4-2-5-21(14-19)15-23(29)26-13-3-9-24(17-26)10-6-22(28)27(18-24)16-20-7-11-25-12-8-20/h2,4-5,7-8,11-12,14H,3,6,9-10,13,15-18H2,1H3/t24-/m1/s1. The topological polar surface area (TPSA) is 53.5 Å². The number of aromatic nitrogens is 1. The van der Waals surface area contributed by atoms with E-state index in [0.29, 0.717) is 19.4 Å². The minimum atomic E-state index is 0.0292. The number of likely N-dealkylation sites (tertiary alicyclic amines) is 2. The summed E-state index contributed by atoms with van der Waals surface area (Å²) in [4.78, 5) is 33.6. The van der Waals surface area contributed by atoms with Crippen LogP contribution in [0, 0.1) is 12.3 Å². The summed E-state index contributed by atoms with van der Waals surface area (Å²) in [5.41, 5.74) is 3.39. The van der Waals surface area contributed by atoms with Gasteiger partial charge in [0.25, 0.3) is 0 Å². The summed E-state index contributed by atoms with van der Waals surface area (Å²) < 4.78 is 0. The molecular weight excluding hydrogens is 362 g/mol. The molecule has 0 radical (unpaired) electrons. The maximum absolute atomic E-state index is 13.0. The number of nitrogens with zero attached hydrogens (tertiary/aromatic N) is 3. The van der Waals surface area contributed by atoms with Crippen molar-refractivity contribution < 1.29 is 9.59 Å². The van der Waals surface area contributed by atoms with Crippen molar-refractivity contribution >= 4 is 11.8 Å². The molecule has 0 bridgehead atoms. The van der Waals surface area contributed by atoms with Crippen LogP contribution in [0.5, 0.6) is 0 Å². The zero-order chi connectivity index (χ0) is 20.3. The van der Waals surface area contributed by atoms with E-state index in [0.717, 1.165) is 50.0 Å². The van der Waals surface area contributed by atoms with E-state index in [1.165, 1.54) is 5.56 Å². The summed E-state index contributed by atoms with van der Waals surface area (Å²) >= 11 is 0. The number of benzene rings is 1. The van der Waals surface area contributed by atoms with Crippen LogP contribution in [0.25, 0.3) is 0 Å². The van der Waals surface area contributed by atoms with E-state index in [-0.39, 0.29) is 17.2 Å². The highest BCUT2D eigenvalue weighted by Crippen LogP contribution is 2.39. The van der Waals surface area contributed by atoms with Crippen LogP contribution in [-0.4, -0.2) is 46.2 Å². The second-order valence-corrected chi connectivity index (χ2v) is 8.69. The first kappa shape index (κ1) is 19.6. The summed E-state index contributed by atoms with van der Waals surface area (Å²) in [5.74, 6) is 0.419. The van der Waals surface area contributed by atoms with Crippen LogP contribution in [0.15, 0.2) is 48.8 Å². The molecule has 29 heavy (non-hydrogen) atoms. The zero-order valence-electron chi connectivity index (χ0n) is 17.1. The number of piperidine rings is 2. The van der Waals surface area contributed by atoms with Crippen LogP contribution >= 0.6 is 0 Å². The van der Waals surface area contributed by atoms with Gasteiger partial charge in [-0.15, -0.1) is 0 Å². The fraction of sp³-hybridized carbons (Fsp3) is 0.458. The first-order valence-corrected chi connectivity index (χ1v) is 10.5. The lowest BCUT2D eigenvalue weighted by Gasteiger charge is -2.48. The molecule has 0 saturated carbocycles. The number of aryl methyl sites for hydroxylation is 1. The van der Waals surface area contributed by atoms with E-state index in [9.17, 15) is 9.59 Å². The Bertz CT molecular complexity index is 883. The fourth-order valence-electron chi connectivity index (χ4n) is 4.82. The van der Waals surface area contributed by atoms with Gasteiger partial charge in [-0.25, -0.2) is 0 Å². The predicted octanol–water partition coefficient (Wildman–Crippen LogP) is 3.36. The summed E-state index contributed by atoms with van der Waals surface area (Å²) in [5, 5.41) is 0. The van der Waals surface area contributed by atoms with Crippen LogP contribution in [0.2, 0.25) is 0 Å². The highest BCUT2D eigenvalue weighted by atomic mass is 16.2. The Morgan fingerprint density at radius 1 is 1.10 bits per heavy atom. The number of rotatable bonds is 4. The average molecular weight is 392 g/mol. The summed E-state index contributed by atoms with van der Waals surface area (Å²) in [6, 6.07) is 12.1. The van der Waals surface area contributed by atoms with Gasteiger partial charge >= 0.3 is 0 Å². The molecule has 1 spiro atoms. The molecule has 2 saturated heterocycles. The lowest BCUT2D eigenvalue weighted by molar-refractivity contribution is -0.143. The van der Waals surface area contributed by atoms with Crippen LogP contribution in [0.1, 0.15) is 42.4 Å². The molecule has 2 aromatic rings. The van der Waals surface area contributed by atoms with Crippen LogP contribution < -0.4 is 0 Å². The summed E-state index contributed by atoms with van der Waals surface area (Å²) in [6.07, 6.45) is 7.55. The van der Waals surface area contributed by atoms with Gasteiger partial charge < -0.3 is 9.80 Å². The van der Waals surface area contributed by atoms with Gasteiger partial charge in [0.2, 0.25) is 11.8 Å². The second kappa shape index (κ2) is 8.36. The van der Waals surface area contributed by atoms with Gasteiger partial charge in [0, 0.05) is 50.4 Å². The molecule has 1 aromatic carbocycles. The molecule has 0 unspecified atom stereocenters. The third-order valence-corrected chi connectivity index (χ3v) is 6.32. The number of carbonyl (C=O) groups is 2. The fourth-order valence-corrected chi connectivity index (χ4v) is 4.82. The molecule has 2 aliphatic heterocycles. The highest BCUT2D eigenvalue weighted by molar-refractivity contribution is 5.79. The molecule has 5 nitrogen and oxygen atoms in total. The molecule has 4 rings (SSSR count). The van der Waals surface area contributed by atoms with E-state index in [1.54, 1.807) is 12.4 Å². The van der Waals surface area contributed by atoms with Crippen molar-refractivity contribution in [1.82, 2.24) is 14.8 Å². The summed E-state index contributed by atoms with van der Waals surface area (Å²) in [6.45, 7) is 5.01. The number of hydrogen-bond acceptors (Lipinski definition) is 3. The van der Waals surface area contributed by atoms with Crippen molar-refractivity contribution in [1.29, 1.82) is 0 Å². The molecule has 5 heteroatoms. The van der Waals surface area contributed by atoms with Crippen molar-refractivity contribution in [3.8, 4) is 0 Å². The molecule has 1 atom stereocenters. The monoisotopic (exact) mass is 391 g/mol. The maximum atomic E-state index is 13.0. The van der Waals surface area contributed by atoms with E-state index >= 15 is 0 Å². The van der Waals surface area contributed by atoms with Gasteiger partial charge in [0.15, 0.2) is 0 Å². The summed E-state index contributed by atoms with van der Waals surface area (Å²) in [7, 11) is 0. The third-order valence-electron chi connectivity index (χ3n) is 6.32. The smallest absolute Gasteiger partial charge is 0.227 e. The Hall–Kier alpha value is -2.69. The van der Waals surface area contributed by atoms with Gasteiger partial charge in [-0.1, -0.05) is 29.8 Å². The first-order valence-electron chi connectivity index (χ1n) is 10.5. The number of pyridine rings is 1. The maximum Gasteiger partial charge on any atom is 0.227 e. The largest absolute Gasteiger partial charge is 0.342 e. The molecule has 3 heterocycles. The van der Waals surface area contributed by atoms with Crippen LogP contribution in [0.4, 0.5) is 0 Å².